The van der Waals surface area contributed by atoms with Crippen molar-refractivity contribution in [1.82, 2.24) is 20.1 Å². The lowest BCUT2D eigenvalue weighted by Gasteiger charge is -2.15. The molecule has 0 aliphatic carbocycles. The highest BCUT2D eigenvalue weighted by Gasteiger charge is 2.20. The molecule has 9 heteroatoms. The van der Waals surface area contributed by atoms with E-state index in [4.69, 9.17) is 0 Å². The van der Waals surface area contributed by atoms with E-state index >= 15 is 0 Å². The van der Waals surface area contributed by atoms with Crippen molar-refractivity contribution in [2.45, 2.75) is 45.4 Å². The molecule has 1 aromatic heterocycles. The second kappa shape index (κ2) is 11.0. The average molecular weight is 563 g/mol. The van der Waals surface area contributed by atoms with Crippen molar-refractivity contribution >= 4 is 51.9 Å². The van der Waals surface area contributed by atoms with Crippen molar-refractivity contribution in [3.63, 3.8) is 0 Å². The number of halogens is 1. The zero-order chi connectivity index (χ0) is 23.3. The molecule has 32 heavy (non-hydrogen) atoms. The van der Waals surface area contributed by atoms with Gasteiger partial charge in [0.15, 0.2) is 11.0 Å². The predicted octanol–water partition coefficient (Wildman–Crippen LogP) is 4.74. The van der Waals surface area contributed by atoms with E-state index < -0.39 is 0 Å². The van der Waals surface area contributed by atoms with E-state index in [1.165, 1.54) is 11.8 Å². The fraction of sp³-hybridized carbons (Fsp3) is 0.304. The molecule has 0 aliphatic heterocycles. The molecule has 2 N–H and O–H groups in total. The summed E-state index contributed by atoms with van der Waals surface area (Å²) in [6.45, 7) is 8.47. The van der Waals surface area contributed by atoms with E-state index in [-0.39, 0.29) is 23.6 Å². The van der Waals surface area contributed by atoms with E-state index in [9.17, 15) is 9.59 Å². The minimum Gasteiger partial charge on any atom is -0.342 e. The van der Waals surface area contributed by atoms with Gasteiger partial charge < -0.3 is 15.2 Å². The van der Waals surface area contributed by atoms with Crippen LogP contribution in [-0.4, -0.2) is 32.3 Å². The molecule has 0 spiro atoms. The third kappa shape index (κ3) is 5.89. The summed E-state index contributed by atoms with van der Waals surface area (Å²) in [5, 5.41) is 15.2. The number of benzene rings is 2. The number of nitrogens with one attached hydrogen (secondary N) is 2. The largest absolute Gasteiger partial charge is 0.342 e. The molecule has 3 aromatic rings. The molecule has 1 atom stereocenters. The number of aryl methyl sites for hydroxylation is 2. The van der Waals surface area contributed by atoms with Crippen LogP contribution in [0.2, 0.25) is 0 Å². The number of aromatic nitrogens is 3. The lowest BCUT2D eigenvalue weighted by Crippen LogP contribution is -2.28. The van der Waals surface area contributed by atoms with Gasteiger partial charge in [0.25, 0.3) is 5.91 Å². The lowest BCUT2D eigenvalue weighted by molar-refractivity contribution is -0.113. The maximum absolute atomic E-state index is 12.6. The Bertz CT molecular complexity index is 1090. The predicted molar refractivity (Wildman–Crippen MR) is 136 cm³/mol. The fourth-order valence-electron chi connectivity index (χ4n) is 3.37. The summed E-state index contributed by atoms with van der Waals surface area (Å²) in [4.78, 5) is 25.0. The Kier molecular flexibility index (Phi) is 8.30. The summed E-state index contributed by atoms with van der Waals surface area (Å²) in [5.41, 5.74) is 3.52. The van der Waals surface area contributed by atoms with Gasteiger partial charge in [0, 0.05) is 21.4 Å². The molecule has 0 fully saturated rings. The maximum atomic E-state index is 12.6. The van der Waals surface area contributed by atoms with Crippen LogP contribution < -0.4 is 10.6 Å². The highest BCUT2D eigenvalue weighted by Crippen LogP contribution is 2.25. The van der Waals surface area contributed by atoms with Crippen molar-refractivity contribution in [2.75, 3.05) is 11.1 Å². The quantitative estimate of drug-likeness (QED) is 0.306. The van der Waals surface area contributed by atoms with Gasteiger partial charge >= 0.3 is 0 Å². The van der Waals surface area contributed by atoms with E-state index in [1.807, 2.05) is 62.6 Å². The van der Waals surface area contributed by atoms with Gasteiger partial charge in [0.2, 0.25) is 5.91 Å². The second-order valence-corrected chi connectivity index (χ2v) is 9.59. The van der Waals surface area contributed by atoms with Crippen molar-refractivity contribution in [2.24, 2.45) is 0 Å². The SMILES string of the molecule is CCn1c(SCC(=O)Nc2c(C)cc(I)cc2C)nnc1[C@@H](C)NC(=O)c1ccccc1. The molecule has 2 amide bonds. The van der Waals surface area contributed by atoms with Crippen LogP contribution in [0.1, 0.15) is 47.2 Å². The molecular weight excluding hydrogens is 537 g/mol. The molecule has 168 valence electrons. The molecule has 0 unspecified atom stereocenters. The summed E-state index contributed by atoms with van der Waals surface area (Å²) in [6.07, 6.45) is 0. The lowest BCUT2D eigenvalue weighted by atomic mass is 10.1. The summed E-state index contributed by atoms with van der Waals surface area (Å²) in [6, 6.07) is 12.8. The first-order valence-corrected chi connectivity index (χ1v) is 12.3. The second-order valence-electron chi connectivity index (χ2n) is 7.40. The fourth-order valence-corrected chi connectivity index (χ4v) is 5.12. The number of carbonyl (C=O) groups excluding carboxylic acids is 2. The first-order valence-electron chi connectivity index (χ1n) is 10.3. The zero-order valence-corrected chi connectivity index (χ0v) is 21.5. The van der Waals surface area contributed by atoms with Crippen molar-refractivity contribution < 1.29 is 9.59 Å². The molecule has 2 aromatic carbocycles. The molecular formula is C23H26IN5O2S. The number of amides is 2. The highest BCUT2D eigenvalue weighted by molar-refractivity contribution is 14.1. The Morgan fingerprint density at radius 1 is 1.12 bits per heavy atom. The Morgan fingerprint density at radius 2 is 1.78 bits per heavy atom. The van der Waals surface area contributed by atoms with Crippen LogP contribution in [0.4, 0.5) is 5.69 Å². The van der Waals surface area contributed by atoms with Gasteiger partial charge in [-0.15, -0.1) is 10.2 Å². The van der Waals surface area contributed by atoms with Crippen LogP contribution >= 0.6 is 34.4 Å². The van der Waals surface area contributed by atoms with Crippen LogP contribution in [0.5, 0.6) is 0 Å². The number of nitrogens with zero attached hydrogens (tertiary/aromatic N) is 3. The molecule has 0 radical (unpaired) electrons. The molecule has 0 bridgehead atoms. The van der Waals surface area contributed by atoms with Gasteiger partial charge in [0.05, 0.1) is 11.8 Å². The first-order chi connectivity index (χ1) is 15.3. The van der Waals surface area contributed by atoms with E-state index in [1.54, 1.807) is 12.1 Å². The molecule has 7 nitrogen and oxygen atoms in total. The highest BCUT2D eigenvalue weighted by atomic mass is 127. The smallest absolute Gasteiger partial charge is 0.251 e. The first kappa shape index (κ1) is 24.2. The number of thioether (sulfide) groups is 1. The van der Waals surface area contributed by atoms with E-state index in [2.05, 4.69) is 43.4 Å². The van der Waals surface area contributed by atoms with Crippen molar-refractivity contribution in [1.29, 1.82) is 0 Å². The molecule has 3 rings (SSSR count). The summed E-state index contributed by atoms with van der Waals surface area (Å²) < 4.78 is 3.07. The van der Waals surface area contributed by atoms with Gasteiger partial charge in [-0.2, -0.15) is 0 Å². The summed E-state index contributed by atoms with van der Waals surface area (Å²) >= 11 is 3.60. The normalized spacial score (nSPS) is 11.8. The van der Waals surface area contributed by atoms with Crippen LogP contribution in [0.25, 0.3) is 0 Å². The topological polar surface area (TPSA) is 88.9 Å². The van der Waals surface area contributed by atoms with Gasteiger partial charge in [-0.3, -0.25) is 9.59 Å². The number of hydrogen-bond acceptors (Lipinski definition) is 5. The minimum atomic E-state index is -0.324. The van der Waals surface area contributed by atoms with E-state index in [0.717, 1.165) is 20.4 Å². The number of rotatable bonds is 8. The number of carbonyl (C=O) groups is 2. The van der Waals surface area contributed by atoms with E-state index in [0.29, 0.717) is 23.1 Å². The molecule has 0 saturated carbocycles. The Morgan fingerprint density at radius 3 is 2.41 bits per heavy atom. The summed E-state index contributed by atoms with van der Waals surface area (Å²) in [5.74, 6) is 0.609. The number of hydrogen-bond donors (Lipinski definition) is 2. The van der Waals surface area contributed by atoms with Crippen molar-refractivity contribution in [3.05, 3.63) is 68.5 Å². The van der Waals surface area contributed by atoms with Crippen molar-refractivity contribution in [3.8, 4) is 0 Å². The van der Waals surface area contributed by atoms with Gasteiger partial charge in [-0.05, 0) is 85.7 Å². The average Bonchev–Trinajstić information content (AvgIpc) is 3.18. The van der Waals surface area contributed by atoms with Gasteiger partial charge in [-0.25, -0.2) is 0 Å². The molecule has 0 aliphatic rings. The molecule has 0 saturated heterocycles. The third-order valence-corrected chi connectivity index (χ3v) is 6.52. The Labute approximate surface area is 205 Å². The van der Waals surface area contributed by atoms with Crippen LogP contribution in [0, 0.1) is 17.4 Å². The maximum Gasteiger partial charge on any atom is 0.251 e. The minimum absolute atomic E-state index is 0.0972. The van der Waals surface area contributed by atoms with Crippen LogP contribution in [0.15, 0.2) is 47.6 Å². The number of anilines is 1. The Balaban J connectivity index is 1.64. The van der Waals surface area contributed by atoms with Gasteiger partial charge in [0.1, 0.15) is 0 Å². The Hall–Kier alpha value is -2.40. The van der Waals surface area contributed by atoms with Crippen LogP contribution in [0.3, 0.4) is 0 Å². The standard InChI is InChI=1S/C23H26IN5O2S/c1-5-29-21(16(4)25-22(31)17-9-7-6-8-10-17)27-28-23(29)32-13-19(30)26-20-14(2)11-18(24)12-15(20)3/h6-12,16H,5,13H2,1-4H3,(H,25,31)(H,26,30)/t16-/m1/s1. The zero-order valence-electron chi connectivity index (χ0n) is 18.5. The molecule has 1 heterocycles. The van der Waals surface area contributed by atoms with Gasteiger partial charge in [-0.1, -0.05) is 30.0 Å². The monoisotopic (exact) mass is 563 g/mol. The van der Waals surface area contributed by atoms with Crippen LogP contribution in [-0.2, 0) is 11.3 Å². The summed E-state index contributed by atoms with van der Waals surface area (Å²) in [7, 11) is 0. The third-order valence-electron chi connectivity index (χ3n) is 4.93.